The maximum Gasteiger partial charge on any atom is 0.232 e. The molecule has 0 spiro atoms. The van der Waals surface area contributed by atoms with E-state index in [1.165, 1.54) is 0 Å². The minimum absolute atomic E-state index is 0.126. The van der Waals surface area contributed by atoms with Crippen molar-refractivity contribution in [2.45, 2.75) is 19.8 Å². The van der Waals surface area contributed by atoms with Gasteiger partial charge in [0.15, 0.2) is 5.82 Å². The Bertz CT molecular complexity index is 547. The lowest BCUT2D eigenvalue weighted by atomic mass is 10.0. The molecule has 1 unspecified atom stereocenters. The van der Waals surface area contributed by atoms with Crippen LogP contribution < -0.4 is 11.1 Å². The van der Waals surface area contributed by atoms with Gasteiger partial charge in [-0.15, -0.1) is 0 Å². The summed E-state index contributed by atoms with van der Waals surface area (Å²) in [6.07, 6.45) is 0. The molecule has 0 radical (unpaired) electrons. The zero-order valence-corrected chi connectivity index (χ0v) is 10.4. The van der Waals surface area contributed by atoms with Crippen LogP contribution in [0.4, 0.5) is 11.5 Å². The zero-order chi connectivity index (χ0) is 13.1. The van der Waals surface area contributed by atoms with Crippen molar-refractivity contribution < 1.29 is 4.79 Å². The topological polar surface area (TPSA) is 83.8 Å². The summed E-state index contributed by atoms with van der Waals surface area (Å²) in [6, 6.07) is 9.58. The van der Waals surface area contributed by atoms with E-state index in [0.717, 1.165) is 11.3 Å². The lowest BCUT2D eigenvalue weighted by molar-refractivity contribution is -0.117. The summed E-state index contributed by atoms with van der Waals surface area (Å²) in [7, 11) is 0. The zero-order valence-electron chi connectivity index (χ0n) is 10.4. The summed E-state index contributed by atoms with van der Waals surface area (Å²) < 4.78 is 0. The van der Waals surface area contributed by atoms with Gasteiger partial charge in [0.2, 0.25) is 5.91 Å². The van der Waals surface area contributed by atoms with Crippen LogP contribution in [0.25, 0.3) is 0 Å². The van der Waals surface area contributed by atoms with E-state index in [2.05, 4.69) is 15.5 Å². The van der Waals surface area contributed by atoms with Crippen LogP contribution in [0.5, 0.6) is 0 Å². The number of nitrogens with zero attached hydrogens (tertiary/aromatic N) is 1. The van der Waals surface area contributed by atoms with E-state index in [1.54, 1.807) is 6.92 Å². The number of anilines is 2. The van der Waals surface area contributed by atoms with Crippen molar-refractivity contribution in [2.24, 2.45) is 0 Å². The molecule has 0 aliphatic rings. The number of aromatic nitrogens is 2. The molecule has 4 N–H and O–H groups in total. The fourth-order valence-corrected chi connectivity index (χ4v) is 1.65. The molecule has 1 aromatic heterocycles. The van der Waals surface area contributed by atoms with Crippen LogP contribution in [0.2, 0.25) is 0 Å². The number of benzene rings is 1. The predicted octanol–water partition coefficient (Wildman–Crippen LogP) is 2.04. The SMILES string of the molecule is Cc1[nH]nc(NC(=O)C(C)c2ccccc2)c1N. The number of nitrogens with two attached hydrogens (primary N) is 1. The van der Waals surface area contributed by atoms with Crippen molar-refractivity contribution in [1.82, 2.24) is 10.2 Å². The van der Waals surface area contributed by atoms with Crippen LogP contribution in [-0.2, 0) is 4.79 Å². The Morgan fingerprint density at radius 3 is 2.61 bits per heavy atom. The molecule has 2 rings (SSSR count). The molecule has 0 saturated carbocycles. The summed E-state index contributed by atoms with van der Waals surface area (Å²) in [5.74, 6) is 0.0160. The Morgan fingerprint density at radius 1 is 1.39 bits per heavy atom. The number of rotatable bonds is 3. The Kier molecular flexibility index (Phi) is 3.32. The molecule has 18 heavy (non-hydrogen) atoms. The van der Waals surface area contributed by atoms with Gasteiger partial charge in [0, 0.05) is 0 Å². The maximum absolute atomic E-state index is 12.1. The minimum Gasteiger partial charge on any atom is -0.394 e. The molecule has 0 aliphatic heterocycles. The first-order valence-corrected chi connectivity index (χ1v) is 5.76. The van der Waals surface area contributed by atoms with Gasteiger partial charge in [0.25, 0.3) is 0 Å². The third-order valence-corrected chi connectivity index (χ3v) is 2.93. The van der Waals surface area contributed by atoms with Crippen LogP contribution >= 0.6 is 0 Å². The van der Waals surface area contributed by atoms with E-state index in [4.69, 9.17) is 5.73 Å². The van der Waals surface area contributed by atoms with Crippen LogP contribution in [0.3, 0.4) is 0 Å². The Balaban J connectivity index is 2.11. The standard InChI is InChI=1S/C13H16N4O/c1-8(10-6-4-3-5-7-10)13(18)15-12-11(14)9(2)16-17-12/h3-8H,14H2,1-2H3,(H2,15,16,17,18). The number of amides is 1. The summed E-state index contributed by atoms with van der Waals surface area (Å²) in [4.78, 5) is 12.1. The van der Waals surface area contributed by atoms with Crippen LogP contribution in [0, 0.1) is 6.92 Å². The molecule has 5 nitrogen and oxygen atoms in total. The molecule has 94 valence electrons. The first-order chi connectivity index (χ1) is 8.59. The number of nitrogens with one attached hydrogen (secondary N) is 2. The van der Waals surface area contributed by atoms with Crippen molar-refractivity contribution in [3.05, 3.63) is 41.6 Å². The first kappa shape index (κ1) is 12.2. The minimum atomic E-state index is -0.248. The monoisotopic (exact) mass is 244 g/mol. The second-order valence-corrected chi connectivity index (χ2v) is 4.23. The molecule has 0 fully saturated rings. The number of nitrogen functional groups attached to an aromatic ring is 1. The molecule has 1 atom stereocenters. The van der Waals surface area contributed by atoms with Gasteiger partial charge in [-0.05, 0) is 19.4 Å². The van der Waals surface area contributed by atoms with E-state index >= 15 is 0 Å². The molecule has 2 aromatic rings. The Morgan fingerprint density at radius 2 is 2.06 bits per heavy atom. The molecular weight excluding hydrogens is 228 g/mol. The van der Waals surface area contributed by atoms with E-state index in [1.807, 2.05) is 37.3 Å². The molecule has 5 heteroatoms. The van der Waals surface area contributed by atoms with Crippen LogP contribution in [0.1, 0.15) is 24.1 Å². The van der Waals surface area contributed by atoms with E-state index in [0.29, 0.717) is 11.5 Å². The second kappa shape index (κ2) is 4.91. The Hall–Kier alpha value is -2.30. The third kappa shape index (κ3) is 2.34. The number of carbonyl (C=O) groups excluding carboxylic acids is 1. The summed E-state index contributed by atoms with van der Waals surface area (Å²) in [5, 5.41) is 9.40. The van der Waals surface area contributed by atoms with Gasteiger partial charge < -0.3 is 11.1 Å². The Labute approximate surface area is 105 Å². The van der Waals surface area contributed by atoms with Crippen molar-refractivity contribution >= 4 is 17.4 Å². The van der Waals surface area contributed by atoms with E-state index in [9.17, 15) is 4.79 Å². The van der Waals surface area contributed by atoms with Gasteiger partial charge in [-0.1, -0.05) is 30.3 Å². The second-order valence-electron chi connectivity index (χ2n) is 4.23. The highest BCUT2D eigenvalue weighted by Gasteiger charge is 2.17. The number of aryl methyl sites for hydroxylation is 1. The van der Waals surface area contributed by atoms with E-state index in [-0.39, 0.29) is 11.8 Å². The van der Waals surface area contributed by atoms with Crippen LogP contribution in [-0.4, -0.2) is 16.1 Å². The highest BCUT2D eigenvalue weighted by molar-refractivity contribution is 5.97. The summed E-state index contributed by atoms with van der Waals surface area (Å²) in [6.45, 7) is 3.65. The first-order valence-electron chi connectivity index (χ1n) is 5.76. The molecular formula is C13H16N4O. The average molecular weight is 244 g/mol. The van der Waals surface area contributed by atoms with E-state index < -0.39 is 0 Å². The molecule has 0 aliphatic carbocycles. The maximum atomic E-state index is 12.1. The van der Waals surface area contributed by atoms with Gasteiger partial charge in [-0.2, -0.15) is 5.10 Å². The molecule has 1 heterocycles. The lowest BCUT2D eigenvalue weighted by Gasteiger charge is -2.11. The van der Waals surface area contributed by atoms with Crippen molar-refractivity contribution in [1.29, 1.82) is 0 Å². The van der Waals surface area contributed by atoms with Gasteiger partial charge in [0.05, 0.1) is 17.3 Å². The quantitative estimate of drug-likeness (QED) is 0.772. The fraction of sp³-hybridized carbons (Fsp3) is 0.231. The third-order valence-electron chi connectivity index (χ3n) is 2.93. The highest BCUT2D eigenvalue weighted by atomic mass is 16.1. The van der Waals surface area contributed by atoms with Crippen molar-refractivity contribution in [2.75, 3.05) is 11.1 Å². The van der Waals surface area contributed by atoms with Gasteiger partial charge in [0.1, 0.15) is 0 Å². The van der Waals surface area contributed by atoms with Crippen LogP contribution in [0.15, 0.2) is 30.3 Å². The van der Waals surface area contributed by atoms with Crippen molar-refractivity contribution in [3.8, 4) is 0 Å². The lowest BCUT2D eigenvalue weighted by Crippen LogP contribution is -2.19. The fourth-order valence-electron chi connectivity index (χ4n) is 1.65. The molecule has 0 saturated heterocycles. The normalized spacial score (nSPS) is 12.1. The van der Waals surface area contributed by atoms with Gasteiger partial charge >= 0.3 is 0 Å². The van der Waals surface area contributed by atoms with Crippen molar-refractivity contribution in [3.63, 3.8) is 0 Å². The molecule has 0 bridgehead atoms. The van der Waals surface area contributed by atoms with Gasteiger partial charge in [-0.25, -0.2) is 0 Å². The number of H-pyrrole nitrogens is 1. The smallest absolute Gasteiger partial charge is 0.232 e. The predicted molar refractivity (Wildman–Crippen MR) is 71.2 cm³/mol. The average Bonchev–Trinajstić information content (AvgIpc) is 2.71. The number of hydrogen-bond acceptors (Lipinski definition) is 3. The number of carbonyl (C=O) groups is 1. The summed E-state index contributed by atoms with van der Waals surface area (Å²) in [5.41, 5.74) is 7.96. The molecule has 1 amide bonds. The summed E-state index contributed by atoms with van der Waals surface area (Å²) >= 11 is 0. The number of aromatic amines is 1. The molecule has 1 aromatic carbocycles. The number of hydrogen-bond donors (Lipinski definition) is 3. The highest BCUT2D eigenvalue weighted by Crippen LogP contribution is 2.21. The largest absolute Gasteiger partial charge is 0.394 e. The van der Waals surface area contributed by atoms with Gasteiger partial charge in [-0.3, -0.25) is 9.89 Å².